The molecule has 4 atom stereocenters. The van der Waals surface area contributed by atoms with Crippen LogP contribution in [-0.4, -0.2) is 29.0 Å². The van der Waals surface area contributed by atoms with Gasteiger partial charge in [-0.15, -0.1) is 0 Å². The van der Waals surface area contributed by atoms with Crippen molar-refractivity contribution in [2.24, 2.45) is 11.8 Å². The Labute approximate surface area is 145 Å². The maximum absolute atomic E-state index is 12.3. The first-order valence-corrected chi connectivity index (χ1v) is 8.79. The summed E-state index contributed by atoms with van der Waals surface area (Å²) in [5, 5.41) is 3.03. The van der Waals surface area contributed by atoms with Crippen LogP contribution in [0.2, 0.25) is 0 Å². The molecule has 1 heterocycles. The molecular weight excluding hydrogens is 360 g/mol. The van der Waals surface area contributed by atoms with Crippen LogP contribution < -0.4 is 5.32 Å². The Morgan fingerprint density at radius 2 is 2.09 bits per heavy atom. The third kappa shape index (κ3) is 4.77. The summed E-state index contributed by atoms with van der Waals surface area (Å²) in [4.78, 5) is 28.3. The molecule has 0 radical (unpaired) electrons. The van der Waals surface area contributed by atoms with Gasteiger partial charge in [0.1, 0.15) is 0 Å². The lowest BCUT2D eigenvalue weighted by molar-refractivity contribution is -0.130. The molecule has 1 saturated carbocycles. The molecule has 5 nitrogen and oxygen atoms in total. The number of esters is 1. The van der Waals surface area contributed by atoms with Gasteiger partial charge >= 0.3 is 5.97 Å². The number of hydrogen-bond acceptors (Lipinski definition) is 4. The number of ether oxygens (including phenoxy) is 1. The minimum absolute atomic E-state index is 0.153. The van der Waals surface area contributed by atoms with E-state index in [-0.39, 0.29) is 11.9 Å². The van der Waals surface area contributed by atoms with Crippen LogP contribution in [-0.2, 0) is 9.53 Å². The van der Waals surface area contributed by atoms with Gasteiger partial charge in [-0.1, -0.05) is 26.7 Å². The Kier molecular flexibility index (Phi) is 6.16. The zero-order chi connectivity index (χ0) is 17.0. The Hall–Kier alpha value is -1.43. The molecule has 6 heteroatoms. The molecule has 0 spiro atoms. The molecule has 1 aromatic heterocycles. The molecule has 23 heavy (non-hydrogen) atoms. The van der Waals surface area contributed by atoms with E-state index in [1.807, 2.05) is 0 Å². The van der Waals surface area contributed by atoms with E-state index in [2.05, 4.69) is 40.1 Å². The first kappa shape index (κ1) is 17.9. The van der Waals surface area contributed by atoms with Gasteiger partial charge in [0, 0.05) is 22.9 Å². The number of carbonyl (C=O) groups is 2. The third-order valence-corrected chi connectivity index (χ3v) is 5.06. The van der Waals surface area contributed by atoms with Crippen LogP contribution >= 0.6 is 15.9 Å². The van der Waals surface area contributed by atoms with E-state index in [4.69, 9.17) is 4.74 Å². The lowest BCUT2D eigenvalue weighted by atomic mass is 9.78. The SMILES string of the molecule is CC(OC(=O)c1cncc(Br)c1)C(=O)NC1CCCC(C)C1C. The van der Waals surface area contributed by atoms with Crippen LogP contribution in [0.15, 0.2) is 22.9 Å². The van der Waals surface area contributed by atoms with Gasteiger partial charge in [0.05, 0.1) is 5.56 Å². The van der Waals surface area contributed by atoms with E-state index in [1.54, 1.807) is 19.2 Å². The molecule has 1 aromatic rings. The minimum Gasteiger partial charge on any atom is -0.449 e. The minimum atomic E-state index is -0.828. The summed E-state index contributed by atoms with van der Waals surface area (Å²) >= 11 is 3.25. The normalized spacial score (nSPS) is 25.5. The molecule has 4 unspecified atom stereocenters. The maximum atomic E-state index is 12.3. The number of amides is 1. The van der Waals surface area contributed by atoms with Gasteiger partial charge in [-0.25, -0.2) is 4.79 Å². The average molecular weight is 383 g/mol. The largest absolute Gasteiger partial charge is 0.449 e. The number of nitrogens with zero attached hydrogens (tertiary/aromatic N) is 1. The molecule has 0 saturated heterocycles. The van der Waals surface area contributed by atoms with Crippen molar-refractivity contribution in [2.75, 3.05) is 0 Å². The summed E-state index contributed by atoms with van der Waals surface area (Å²) in [6.07, 6.45) is 5.47. The molecule has 1 amide bonds. The number of halogens is 1. The van der Waals surface area contributed by atoms with Crippen LogP contribution in [0.25, 0.3) is 0 Å². The molecule has 0 aromatic carbocycles. The van der Waals surface area contributed by atoms with E-state index in [0.29, 0.717) is 21.9 Å². The van der Waals surface area contributed by atoms with Crippen molar-refractivity contribution in [3.05, 3.63) is 28.5 Å². The lowest BCUT2D eigenvalue weighted by Gasteiger charge is -2.35. The maximum Gasteiger partial charge on any atom is 0.340 e. The van der Waals surface area contributed by atoms with E-state index in [0.717, 1.165) is 12.8 Å². The van der Waals surface area contributed by atoms with Gasteiger partial charge in [0.2, 0.25) is 0 Å². The number of aromatic nitrogens is 1. The predicted molar refractivity (Wildman–Crippen MR) is 90.9 cm³/mol. The summed E-state index contributed by atoms with van der Waals surface area (Å²) in [5.74, 6) is 0.239. The Balaban J connectivity index is 1.91. The zero-order valence-electron chi connectivity index (χ0n) is 13.7. The zero-order valence-corrected chi connectivity index (χ0v) is 15.3. The fourth-order valence-electron chi connectivity index (χ4n) is 2.89. The smallest absolute Gasteiger partial charge is 0.340 e. The fraction of sp³-hybridized carbons (Fsp3) is 0.588. The predicted octanol–water partition coefficient (Wildman–Crippen LogP) is 3.33. The first-order chi connectivity index (χ1) is 10.9. The van der Waals surface area contributed by atoms with Crippen LogP contribution in [0.3, 0.4) is 0 Å². The molecule has 1 fully saturated rings. The van der Waals surface area contributed by atoms with Crippen molar-refractivity contribution in [3.63, 3.8) is 0 Å². The second-order valence-corrected chi connectivity index (χ2v) is 7.24. The molecule has 0 bridgehead atoms. The second kappa shape index (κ2) is 7.90. The number of pyridine rings is 1. The lowest BCUT2D eigenvalue weighted by Crippen LogP contribution is -2.47. The highest BCUT2D eigenvalue weighted by atomic mass is 79.9. The van der Waals surface area contributed by atoms with Gasteiger partial charge in [-0.2, -0.15) is 0 Å². The van der Waals surface area contributed by atoms with Crippen molar-refractivity contribution in [2.45, 2.75) is 52.2 Å². The second-order valence-electron chi connectivity index (χ2n) is 6.32. The Morgan fingerprint density at radius 1 is 1.35 bits per heavy atom. The van der Waals surface area contributed by atoms with Gasteiger partial charge in [-0.3, -0.25) is 9.78 Å². The number of hydrogen-bond donors (Lipinski definition) is 1. The van der Waals surface area contributed by atoms with Crippen molar-refractivity contribution in [1.82, 2.24) is 10.3 Å². The van der Waals surface area contributed by atoms with E-state index >= 15 is 0 Å². The van der Waals surface area contributed by atoms with Crippen molar-refractivity contribution >= 4 is 27.8 Å². The molecular formula is C17H23BrN2O3. The number of carbonyl (C=O) groups excluding carboxylic acids is 2. The molecule has 1 N–H and O–H groups in total. The number of nitrogens with one attached hydrogen (secondary N) is 1. The monoisotopic (exact) mass is 382 g/mol. The van der Waals surface area contributed by atoms with Crippen molar-refractivity contribution in [1.29, 1.82) is 0 Å². The van der Waals surface area contributed by atoms with Gasteiger partial charge in [0.25, 0.3) is 5.91 Å². The van der Waals surface area contributed by atoms with Gasteiger partial charge in [0.15, 0.2) is 6.10 Å². The standard InChI is InChI=1S/C17H23BrN2O3/c1-10-5-4-6-15(11(10)2)20-16(21)12(3)23-17(22)13-7-14(18)9-19-8-13/h7-12,15H,4-6H2,1-3H3,(H,20,21). The molecule has 0 aliphatic heterocycles. The average Bonchev–Trinajstić information content (AvgIpc) is 2.51. The summed E-state index contributed by atoms with van der Waals surface area (Å²) in [6.45, 7) is 5.97. The summed E-state index contributed by atoms with van der Waals surface area (Å²) in [6, 6.07) is 1.77. The summed E-state index contributed by atoms with van der Waals surface area (Å²) < 4.78 is 5.93. The van der Waals surface area contributed by atoms with Crippen molar-refractivity contribution in [3.8, 4) is 0 Å². The Bertz CT molecular complexity index is 579. The number of rotatable bonds is 4. The van der Waals surface area contributed by atoms with Crippen LogP contribution in [0.4, 0.5) is 0 Å². The highest BCUT2D eigenvalue weighted by molar-refractivity contribution is 9.10. The molecule has 1 aliphatic rings. The van der Waals surface area contributed by atoms with E-state index in [1.165, 1.54) is 12.6 Å². The van der Waals surface area contributed by atoms with Crippen molar-refractivity contribution < 1.29 is 14.3 Å². The molecule has 1 aliphatic carbocycles. The summed E-state index contributed by atoms with van der Waals surface area (Å²) in [7, 11) is 0. The van der Waals surface area contributed by atoms with Crippen LogP contribution in [0.1, 0.15) is 50.4 Å². The third-order valence-electron chi connectivity index (χ3n) is 4.63. The molecule has 2 rings (SSSR count). The Morgan fingerprint density at radius 3 is 2.78 bits per heavy atom. The topological polar surface area (TPSA) is 68.3 Å². The van der Waals surface area contributed by atoms with Crippen LogP contribution in [0.5, 0.6) is 0 Å². The van der Waals surface area contributed by atoms with Gasteiger partial charge in [-0.05, 0) is 47.2 Å². The van der Waals surface area contributed by atoms with E-state index < -0.39 is 12.1 Å². The molecule has 126 valence electrons. The first-order valence-electron chi connectivity index (χ1n) is 8.00. The summed E-state index contributed by atoms with van der Waals surface area (Å²) in [5.41, 5.74) is 0.318. The van der Waals surface area contributed by atoms with Crippen LogP contribution in [0, 0.1) is 11.8 Å². The highest BCUT2D eigenvalue weighted by Crippen LogP contribution is 2.29. The van der Waals surface area contributed by atoms with E-state index in [9.17, 15) is 9.59 Å². The highest BCUT2D eigenvalue weighted by Gasteiger charge is 2.30. The van der Waals surface area contributed by atoms with Gasteiger partial charge < -0.3 is 10.1 Å². The fourth-order valence-corrected chi connectivity index (χ4v) is 3.26. The quantitative estimate of drug-likeness (QED) is 0.810.